The Morgan fingerprint density at radius 3 is 2.21 bits per heavy atom. The van der Waals surface area contributed by atoms with Crippen LogP contribution in [0.2, 0.25) is 0 Å². The van der Waals surface area contributed by atoms with Crippen molar-refractivity contribution in [2.45, 2.75) is 0 Å². The van der Waals surface area contributed by atoms with Crippen LogP contribution in [0.25, 0.3) is 11.0 Å². The van der Waals surface area contributed by atoms with Crippen LogP contribution < -0.4 is 20.0 Å². The van der Waals surface area contributed by atoms with E-state index in [0.717, 1.165) is 11.4 Å². The fourth-order valence-corrected chi connectivity index (χ4v) is 3.58. The van der Waals surface area contributed by atoms with Crippen molar-refractivity contribution >= 4 is 22.6 Å². The molecule has 29 heavy (non-hydrogen) atoms. The van der Waals surface area contributed by atoms with E-state index < -0.39 is 5.63 Å². The van der Waals surface area contributed by atoms with E-state index in [9.17, 15) is 9.59 Å². The zero-order chi connectivity index (χ0) is 20.4. The van der Waals surface area contributed by atoms with Crippen molar-refractivity contribution in [3.8, 4) is 11.5 Å². The van der Waals surface area contributed by atoms with Gasteiger partial charge in [-0.3, -0.25) is 4.79 Å². The number of rotatable bonds is 4. The predicted octanol–water partition coefficient (Wildman–Crippen LogP) is 2.77. The standard InChI is InChI=1S/C22H22N2O5/c1-27-16-5-3-15(4-6-16)23-9-11-24(12-10-23)22(26)19-14-21(25)29-20-13-17(28-2)7-8-18(19)20/h3-8,13-14H,9-12H2,1-2H3. The number of hydrogen-bond donors (Lipinski definition) is 0. The summed E-state index contributed by atoms with van der Waals surface area (Å²) in [5.41, 5.74) is 1.25. The smallest absolute Gasteiger partial charge is 0.337 e. The summed E-state index contributed by atoms with van der Waals surface area (Å²) in [6.45, 7) is 2.57. The molecule has 3 aromatic rings. The fourth-order valence-electron chi connectivity index (χ4n) is 3.58. The molecule has 150 valence electrons. The Kier molecular flexibility index (Phi) is 5.12. The lowest BCUT2D eigenvalue weighted by atomic mass is 10.1. The van der Waals surface area contributed by atoms with E-state index in [1.54, 1.807) is 30.2 Å². The second-order valence-corrected chi connectivity index (χ2v) is 6.82. The molecule has 1 aliphatic heterocycles. The van der Waals surface area contributed by atoms with Gasteiger partial charge in [0.2, 0.25) is 0 Å². The molecule has 1 saturated heterocycles. The summed E-state index contributed by atoms with van der Waals surface area (Å²) < 4.78 is 15.6. The Hall–Kier alpha value is -3.48. The number of carbonyl (C=O) groups excluding carboxylic acids is 1. The van der Waals surface area contributed by atoms with Gasteiger partial charge in [0.15, 0.2) is 0 Å². The summed E-state index contributed by atoms with van der Waals surface area (Å²) in [7, 11) is 3.18. The van der Waals surface area contributed by atoms with Crippen LogP contribution in [0.3, 0.4) is 0 Å². The normalized spacial score (nSPS) is 14.1. The quantitative estimate of drug-likeness (QED) is 0.634. The predicted molar refractivity (Wildman–Crippen MR) is 110 cm³/mol. The molecule has 1 fully saturated rings. The average Bonchev–Trinajstić information content (AvgIpc) is 2.77. The third-order valence-corrected chi connectivity index (χ3v) is 5.19. The van der Waals surface area contributed by atoms with Gasteiger partial charge in [0, 0.05) is 49.4 Å². The van der Waals surface area contributed by atoms with Crippen molar-refractivity contribution < 1.29 is 18.7 Å². The number of anilines is 1. The van der Waals surface area contributed by atoms with Gasteiger partial charge in [0.1, 0.15) is 17.1 Å². The van der Waals surface area contributed by atoms with Crippen LogP contribution in [0.4, 0.5) is 5.69 Å². The molecule has 0 atom stereocenters. The molecule has 0 radical (unpaired) electrons. The number of carbonyl (C=O) groups is 1. The first-order valence-corrected chi connectivity index (χ1v) is 9.39. The third-order valence-electron chi connectivity index (χ3n) is 5.19. The second-order valence-electron chi connectivity index (χ2n) is 6.82. The van der Waals surface area contributed by atoms with E-state index >= 15 is 0 Å². The van der Waals surface area contributed by atoms with Crippen LogP contribution in [0.15, 0.2) is 57.7 Å². The molecule has 2 heterocycles. The van der Waals surface area contributed by atoms with Crippen LogP contribution >= 0.6 is 0 Å². The molecular weight excluding hydrogens is 372 g/mol. The highest BCUT2D eigenvalue weighted by molar-refractivity contribution is 6.05. The maximum absolute atomic E-state index is 13.1. The lowest BCUT2D eigenvalue weighted by Crippen LogP contribution is -2.49. The molecule has 0 N–H and O–H groups in total. The summed E-state index contributed by atoms with van der Waals surface area (Å²) in [5.74, 6) is 1.22. The number of hydrogen-bond acceptors (Lipinski definition) is 6. The van der Waals surface area contributed by atoms with Crippen molar-refractivity contribution in [1.29, 1.82) is 0 Å². The summed E-state index contributed by atoms with van der Waals surface area (Å²) in [4.78, 5) is 29.1. The monoisotopic (exact) mass is 394 g/mol. The minimum atomic E-state index is -0.550. The van der Waals surface area contributed by atoms with Gasteiger partial charge in [-0.25, -0.2) is 4.79 Å². The Bertz CT molecular complexity index is 1080. The topological polar surface area (TPSA) is 72.2 Å². The first kappa shape index (κ1) is 18.9. The Labute approximate surface area is 168 Å². The Morgan fingerprint density at radius 2 is 1.55 bits per heavy atom. The molecule has 7 heteroatoms. The minimum Gasteiger partial charge on any atom is -0.497 e. The van der Waals surface area contributed by atoms with Gasteiger partial charge in [0.25, 0.3) is 5.91 Å². The summed E-state index contributed by atoms with van der Waals surface area (Å²) in [5, 5.41) is 0.605. The number of nitrogens with zero attached hydrogens (tertiary/aromatic N) is 2. The zero-order valence-electron chi connectivity index (χ0n) is 16.4. The molecule has 2 aromatic carbocycles. The van der Waals surface area contributed by atoms with Crippen LogP contribution in [-0.2, 0) is 0 Å². The highest BCUT2D eigenvalue weighted by atomic mass is 16.5. The zero-order valence-corrected chi connectivity index (χ0v) is 16.4. The van der Waals surface area contributed by atoms with Crippen molar-refractivity contribution in [3.63, 3.8) is 0 Å². The Balaban J connectivity index is 1.53. The van der Waals surface area contributed by atoms with Crippen molar-refractivity contribution in [3.05, 3.63) is 64.5 Å². The third kappa shape index (κ3) is 3.76. The summed E-state index contributed by atoms with van der Waals surface area (Å²) in [6.07, 6.45) is 0. The number of methoxy groups -OCH3 is 2. The minimum absolute atomic E-state index is 0.164. The van der Waals surface area contributed by atoms with Crippen molar-refractivity contribution in [2.75, 3.05) is 45.3 Å². The fraction of sp³-hybridized carbons (Fsp3) is 0.273. The lowest BCUT2D eigenvalue weighted by molar-refractivity contribution is 0.0748. The Morgan fingerprint density at radius 1 is 0.897 bits per heavy atom. The molecular formula is C22H22N2O5. The van der Waals surface area contributed by atoms with E-state index in [1.807, 2.05) is 24.3 Å². The van der Waals surface area contributed by atoms with Crippen LogP contribution in [0.5, 0.6) is 11.5 Å². The number of amides is 1. The lowest BCUT2D eigenvalue weighted by Gasteiger charge is -2.36. The summed E-state index contributed by atoms with van der Waals surface area (Å²) >= 11 is 0. The van der Waals surface area contributed by atoms with E-state index in [0.29, 0.717) is 48.5 Å². The van der Waals surface area contributed by atoms with Crippen molar-refractivity contribution in [1.82, 2.24) is 4.90 Å². The SMILES string of the molecule is COc1ccc(N2CCN(C(=O)c3cc(=O)oc4cc(OC)ccc34)CC2)cc1. The molecule has 0 unspecified atom stereocenters. The van der Waals surface area contributed by atoms with E-state index in [2.05, 4.69) is 4.90 Å². The molecule has 7 nitrogen and oxygen atoms in total. The molecule has 1 aromatic heterocycles. The molecule has 0 saturated carbocycles. The highest BCUT2D eigenvalue weighted by Gasteiger charge is 2.24. The second kappa shape index (κ2) is 7.87. The van der Waals surface area contributed by atoms with Crippen molar-refractivity contribution in [2.24, 2.45) is 0 Å². The maximum atomic E-state index is 13.1. The van der Waals surface area contributed by atoms with E-state index in [4.69, 9.17) is 13.9 Å². The van der Waals surface area contributed by atoms with Crippen LogP contribution in [0, 0.1) is 0 Å². The molecule has 4 rings (SSSR count). The highest BCUT2D eigenvalue weighted by Crippen LogP contribution is 2.25. The number of piperazine rings is 1. The van der Waals surface area contributed by atoms with Gasteiger partial charge in [-0.15, -0.1) is 0 Å². The molecule has 0 spiro atoms. The van der Waals surface area contributed by atoms with Crippen LogP contribution in [0.1, 0.15) is 10.4 Å². The van der Waals surface area contributed by atoms with E-state index in [1.165, 1.54) is 13.2 Å². The number of benzene rings is 2. The maximum Gasteiger partial charge on any atom is 0.337 e. The molecule has 0 bridgehead atoms. The van der Waals surface area contributed by atoms with E-state index in [-0.39, 0.29) is 5.91 Å². The van der Waals surface area contributed by atoms with Gasteiger partial charge in [-0.05, 0) is 36.4 Å². The largest absolute Gasteiger partial charge is 0.497 e. The van der Waals surface area contributed by atoms with Gasteiger partial charge in [0.05, 0.1) is 19.8 Å². The number of fused-ring (bicyclic) bond motifs is 1. The molecule has 0 aliphatic carbocycles. The first-order valence-electron chi connectivity index (χ1n) is 9.39. The van der Waals surface area contributed by atoms with Gasteiger partial charge in [-0.2, -0.15) is 0 Å². The van der Waals surface area contributed by atoms with Gasteiger partial charge < -0.3 is 23.7 Å². The molecule has 1 aliphatic rings. The van der Waals surface area contributed by atoms with Gasteiger partial charge in [-0.1, -0.05) is 0 Å². The van der Waals surface area contributed by atoms with Gasteiger partial charge >= 0.3 is 5.63 Å². The van der Waals surface area contributed by atoms with Crippen LogP contribution in [-0.4, -0.2) is 51.2 Å². The first-order chi connectivity index (χ1) is 14.1. The number of ether oxygens (including phenoxy) is 2. The summed E-state index contributed by atoms with van der Waals surface area (Å²) in [6, 6.07) is 14.3. The molecule has 1 amide bonds. The average molecular weight is 394 g/mol.